The number of aromatic amines is 2. The molecule has 64 heavy (non-hydrogen) atoms. The smallest absolute Gasteiger partial charge is 0.407 e. The van der Waals surface area contributed by atoms with Gasteiger partial charge in [-0.05, 0) is 55.9 Å². The van der Waals surface area contributed by atoms with Crippen LogP contribution in [0.1, 0.15) is 63.3 Å². The van der Waals surface area contributed by atoms with Gasteiger partial charge in [0.15, 0.2) is 0 Å². The molecular formula is C45H60N8O11. The van der Waals surface area contributed by atoms with Gasteiger partial charge in [0.1, 0.15) is 48.4 Å². The third-order valence-corrected chi connectivity index (χ3v) is 11.4. The first-order chi connectivity index (χ1) is 31.0. The fourth-order valence-corrected chi connectivity index (χ4v) is 8.09. The molecule has 4 N–H and O–H groups in total. The van der Waals surface area contributed by atoms with E-state index in [2.05, 4.69) is 20.6 Å². The molecule has 0 bridgehead atoms. The second-order valence-electron chi connectivity index (χ2n) is 15.8. The molecular weight excluding hydrogens is 829 g/mol. The lowest BCUT2D eigenvalue weighted by atomic mass is 9.98. The van der Waals surface area contributed by atoms with Crippen molar-refractivity contribution in [3.63, 3.8) is 0 Å². The topological polar surface area (TPSA) is 221 Å². The Balaban J connectivity index is 1.27. The number of methoxy groups -OCH3 is 5. The number of carbonyl (C=O) groups is 4. The predicted octanol–water partition coefficient (Wildman–Crippen LogP) is 5.26. The van der Waals surface area contributed by atoms with E-state index in [1.807, 2.05) is 50.2 Å². The van der Waals surface area contributed by atoms with Crippen LogP contribution >= 0.6 is 0 Å². The minimum atomic E-state index is -0.914. The lowest BCUT2D eigenvalue weighted by Crippen LogP contribution is -2.51. The Kier molecular flexibility index (Phi) is 16.6. The predicted molar refractivity (Wildman–Crippen MR) is 235 cm³/mol. The van der Waals surface area contributed by atoms with Gasteiger partial charge >= 0.3 is 12.2 Å². The monoisotopic (exact) mass is 888 g/mol. The molecule has 4 heterocycles. The summed E-state index contributed by atoms with van der Waals surface area (Å²) in [4.78, 5) is 71.3. The van der Waals surface area contributed by atoms with Crippen molar-refractivity contribution < 1.29 is 52.3 Å². The Hall–Kier alpha value is -6.18. The molecule has 4 aromatic rings. The Bertz CT molecular complexity index is 2210. The van der Waals surface area contributed by atoms with Gasteiger partial charge in [0.25, 0.3) is 0 Å². The molecule has 0 saturated carbocycles. The zero-order valence-corrected chi connectivity index (χ0v) is 37.6. The summed E-state index contributed by atoms with van der Waals surface area (Å²) in [5, 5.41) is 5.27. The van der Waals surface area contributed by atoms with E-state index >= 15 is 0 Å². The molecule has 2 aliphatic rings. The molecule has 4 atom stereocenters. The number of ether oxygens (including phenoxy) is 7. The number of likely N-dealkylation sites (tertiary alicyclic amines) is 2. The lowest BCUT2D eigenvalue weighted by Gasteiger charge is -2.30. The molecule has 4 amide bonds. The summed E-state index contributed by atoms with van der Waals surface area (Å²) in [5.74, 6) is 1.82. The van der Waals surface area contributed by atoms with Gasteiger partial charge < -0.3 is 63.6 Å². The molecule has 2 aromatic heterocycles. The molecule has 19 heteroatoms. The van der Waals surface area contributed by atoms with Crippen molar-refractivity contribution in [2.75, 3.05) is 81.7 Å². The van der Waals surface area contributed by atoms with Crippen LogP contribution in [0.5, 0.6) is 11.5 Å². The summed E-state index contributed by atoms with van der Waals surface area (Å²) < 4.78 is 38.1. The summed E-state index contributed by atoms with van der Waals surface area (Å²) in [7, 11) is 7.21. The Labute approximate surface area is 372 Å². The average Bonchev–Trinajstić information content (AvgIpc) is 4.15. The number of nitrogens with one attached hydrogen (secondary N) is 4. The third kappa shape index (κ3) is 11.1. The second-order valence-corrected chi connectivity index (χ2v) is 15.8. The van der Waals surface area contributed by atoms with Gasteiger partial charge in [0.2, 0.25) is 11.8 Å². The molecule has 346 valence electrons. The number of hydrogen-bond donors (Lipinski definition) is 4. The van der Waals surface area contributed by atoms with E-state index in [4.69, 9.17) is 43.1 Å². The first-order valence-corrected chi connectivity index (χ1v) is 21.4. The number of amides is 4. The summed E-state index contributed by atoms with van der Waals surface area (Å²) in [6.45, 7) is 6.10. The molecule has 19 nitrogen and oxygen atoms in total. The van der Waals surface area contributed by atoms with Gasteiger partial charge in [0, 0.05) is 56.7 Å². The van der Waals surface area contributed by atoms with Crippen LogP contribution in [-0.2, 0) is 33.3 Å². The van der Waals surface area contributed by atoms with Crippen molar-refractivity contribution in [3.05, 3.63) is 60.4 Å². The number of carbonyl (C=O) groups excluding carboxylic acids is 4. The third-order valence-electron chi connectivity index (χ3n) is 11.4. The number of aromatic nitrogens is 4. The number of benzene rings is 2. The summed E-state index contributed by atoms with van der Waals surface area (Å²) in [6.07, 6.45) is 5.09. The number of imidazole rings is 2. The fraction of sp³-hybridized carbons (Fsp3) is 0.511. The highest BCUT2D eigenvalue weighted by atomic mass is 16.5. The van der Waals surface area contributed by atoms with Crippen LogP contribution in [0.15, 0.2) is 48.8 Å². The molecule has 6 rings (SSSR count). The van der Waals surface area contributed by atoms with Gasteiger partial charge in [0.05, 0.1) is 69.9 Å². The number of hydrogen-bond acceptors (Lipinski definition) is 13. The maximum atomic E-state index is 13.8. The first-order valence-electron chi connectivity index (χ1n) is 21.4. The van der Waals surface area contributed by atoms with Crippen molar-refractivity contribution in [3.8, 4) is 45.1 Å². The quantitative estimate of drug-likeness (QED) is 0.0833. The Morgan fingerprint density at radius 1 is 0.672 bits per heavy atom. The molecule has 0 spiro atoms. The van der Waals surface area contributed by atoms with Gasteiger partial charge in [-0.2, -0.15) is 0 Å². The first kappa shape index (κ1) is 47.3. The summed E-state index contributed by atoms with van der Waals surface area (Å²) >= 11 is 0. The normalized spacial score (nSPS) is 17.0. The minimum Gasteiger partial charge on any atom is -0.491 e. The van der Waals surface area contributed by atoms with Crippen LogP contribution in [0, 0.1) is 5.92 Å². The number of alkyl carbamates (subject to hydrolysis) is 2. The van der Waals surface area contributed by atoms with Crippen molar-refractivity contribution in [1.82, 2.24) is 40.4 Å². The van der Waals surface area contributed by atoms with Crippen LogP contribution in [0.25, 0.3) is 33.6 Å². The van der Waals surface area contributed by atoms with E-state index < -0.39 is 24.3 Å². The van der Waals surface area contributed by atoms with E-state index in [0.29, 0.717) is 55.9 Å². The molecule has 4 unspecified atom stereocenters. The zero-order valence-electron chi connectivity index (χ0n) is 37.6. The largest absolute Gasteiger partial charge is 0.491 e. The Morgan fingerprint density at radius 3 is 1.61 bits per heavy atom. The number of rotatable bonds is 20. The zero-order chi connectivity index (χ0) is 45.8. The lowest BCUT2D eigenvalue weighted by molar-refractivity contribution is -0.136. The van der Waals surface area contributed by atoms with Crippen LogP contribution in [0.4, 0.5) is 9.59 Å². The van der Waals surface area contributed by atoms with E-state index in [-0.39, 0.29) is 49.6 Å². The second kappa shape index (κ2) is 22.4. The van der Waals surface area contributed by atoms with Crippen molar-refractivity contribution in [2.24, 2.45) is 5.92 Å². The standard InChI is InChI=1S/C45H60N8O11/c1-27(2)39(51-45(57)62-7)43(55)53-17-9-11-36(53)41-47-25-33(49-41)29-13-15-31(38(23-29)64-21-19-59-4)30-14-12-28(22-37(30)63-20-18-58-3)32-24-46-40(48-32)35-10-8-16-52(35)42(54)34(26-60-5)50-44(56)61-6/h12-15,22-25,27,34-36,39H,8-11,16-21,26H2,1-7H3,(H,46,48)(H,47,49)(H,50,56)(H,51,57). The summed E-state index contributed by atoms with van der Waals surface area (Å²) in [5.41, 5.74) is 4.64. The van der Waals surface area contributed by atoms with Gasteiger partial charge in [-0.3, -0.25) is 9.59 Å². The van der Waals surface area contributed by atoms with Crippen LogP contribution in [0.3, 0.4) is 0 Å². The minimum absolute atomic E-state index is 0.00767. The highest BCUT2D eigenvalue weighted by Gasteiger charge is 2.38. The maximum Gasteiger partial charge on any atom is 0.407 e. The van der Waals surface area contributed by atoms with Crippen molar-refractivity contribution in [1.29, 1.82) is 0 Å². The van der Waals surface area contributed by atoms with E-state index in [1.54, 1.807) is 36.4 Å². The highest BCUT2D eigenvalue weighted by Crippen LogP contribution is 2.42. The number of nitrogens with zero attached hydrogens (tertiary/aromatic N) is 4. The van der Waals surface area contributed by atoms with Gasteiger partial charge in [-0.1, -0.05) is 26.0 Å². The van der Waals surface area contributed by atoms with E-state index in [1.165, 1.54) is 21.3 Å². The molecule has 2 fully saturated rings. The van der Waals surface area contributed by atoms with Crippen LogP contribution in [-0.4, -0.2) is 147 Å². The molecule has 0 aliphatic carbocycles. The summed E-state index contributed by atoms with van der Waals surface area (Å²) in [6, 6.07) is 9.47. The average molecular weight is 889 g/mol. The Morgan fingerprint density at radius 2 is 1.16 bits per heavy atom. The molecule has 0 radical (unpaired) electrons. The van der Waals surface area contributed by atoms with Crippen molar-refractivity contribution >= 4 is 24.0 Å². The van der Waals surface area contributed by atoms with Crippen molar-refractivity contribution in [2.45, 2.75) is 63.7 Å². The van der Waals surface area contributed by atoms with Gasteiger partial charge in [-0.25, -0.2) is 19.6 Å². The van der Waals surface area contributed by atoms with E-state index in [0.717, 1.165) is 52.9 Å². The highest BCUT2D eigenvalue weighted by molar-refractivity contribution is 5.87. The molecule has 2 aliphatic heterocycles. The number of H-pyrrole nitrogens is 2. The SMILES string of the molecule is COCCOc1cc(-c2cnc(C3CCCN3C(=O)C(COC)NC(=O)OC)[nH]2)ccc1-c1ccc(-c2cnc(C3CCCN3C(=O)C(NC(=O)OC)C(C)C)[nH]2)cc1OCCOC. The molecule has 2 aromatic carbocycles. The molecule has 2 saturated heterocycles. The van der Waals surface area contributed by atoms with Crippen LogP contribution in [0.2, 0.25) is 0 Å². The maximum absolute atomic E-state index is 13.8. The fourth-order valence-electron chi connectivity index (χ4n) is 8.09. The van der Waals surface area contributed by atoms with Gasteiger partial charge in [-0.15, -0.1) is 0 Å². The van der Waals surface area contributed by atoms with E-state index in [9.17, 15) is 19.2 Å². The van der Waals surface area contributed by atoms with Crippen LogP contribution < -0.4 is 20.1 Å².